The van der Waals surface area contributed by atoms with Crippen LogP contribution in [0.15, 0.2) is 10.7 Å². The van der Waals surface area contributed by atoms with E-state index in [1.165, 1.54) is 0 Å². The summed E-state index contributed by atoms with van der Waals surface area (Å²) in [6, 6.07) is 0.270. The Morgan fingerprint density at radius 2 is 2.47 bits per heavy atom. The topological polar surface area (TPSA) is 86.8 Å². The van der Waals surface area contributed by atoms with Crippen LogP contribution >= 0.6 is 0 Å². The highest BCUT2D eigenvalue weighted by Gasteiger charge is 2.22. The molecule has 2 N–H and O–H groups in total. The lowest BCUT2D eigenvalue weighted by atomic mass is 10.1. The average molecular weight is 212 g/mol. The Bertz CT molecular complexity index is 363. The van der Waals surface area contributed by atoms with Crippen molar-refractivity contribution in [1.82, 2.24) is 4.98 Å². The fourth-order valence-electron chi connectivity index (χ4n) is 1.64. The number of hydrogen-bond donors (Lipinski definition) is 2. The first-order valence-corrected chi connectivity index (χ1v) is 4.78. The van der Waals surface area contributed by atoms with Gasteiger partial charge in [-0.05, 0) is 12.8 Å². The summed E-state index contributed by atoms with van der Waals surface area (Å²) in [6.07, 6.45) is 2.34. The van der Waals surface area contributed by atoms with E-state index < -0.39 is 5.97 Å². The van der Waals surface area contributed by atoms with E-state index in [1.54, 1.807) is 4.90 Å². The lowest BCUT2D eigenvalue weighted by molar-refractivity contribution is 0.0690. The molecule has 1 fully saturated rings. The Labute approximate surface area is 86.1 Å². The number of carbonyl (C=O) groups is 1. The predicted molar refractivity (Wildman–Crippen MR) is 50.9 cm³/mol. The Hall–Kier alpha value is -1.56. The number of β-amino-alcohol motifs (C(OH)–C–C–N with tert-alkyl or cyclic N) is 1. The zero-order valence-electron chi connectivity index (χ0n) is 8.09. The fourth-order valence-corrected chi connectivity index (χ4v) is 1.64. The molecule has 0 radical (unpaired) electrons. The number of oxazole rings is 1. The van der Waals surface area contributed by atoms with Gasteiger partial charge in [-0.15, -0.1) is 0 Å². The van der Waals surface area contributed by atoms with Crippen LogP contribution in [0.3, 0.4) is 0 Å². The summed E-state index contributed by atoms with van der Waals surface area (Å²) in [6.45, 7) is 1.18. The number of hydrogen-bond acceptors (Lipinski definition) is 5. The molecule has 0 aromatic carbocycles. The van der Waals surface area contributed by atoms with Gasteiger partial charge in [0.25, 0.3) is 6.01 Å². The van der Waals surface area contributed by atoms with Crippen LogP contribution in [0.25, 0.3) is 0 Å². The Balaban J connectivity index is 2.11. The van der Waals surface area contributed by atoms with E-state index in [4.69, 9.17) is 9.52 Å². The molecular weight excluding hydrogens is 200 g/mol. The zero-order chi connectivity index (χ0) is 10.8. The highest BCUT2D eigenvalue weighted by Crippen LogP contribution is 2.19. The van der Waals surface area contributed by atoms with Crippen molar-refractivity contribution >= 4 is 12.0 Å². The number of nitrogens with zero attached hydrogens (tertiary/aromatic N) is 2. The van der Waals surface area contributed by atoms with Crippen molar-refractivity contribution in [2.24, 2.45) is 0 Å². The molecule has 1 aromatic heterocycles. The average Bonchev–Trinajstić information content (AvgIpc) is 2.66. The first-order valence-electron chi connectivity index (χ1n) is 4.78. The number of aliphatic hydroxyl groups excluding tert-OH is 1. The smallest absolute Gasteiger partial charge is 0.357 e. The van der Waals surface area contributed by atoms with Crippen LogP contribution < -0.4 is 4.90 Å². The van der Waals surface area contributed by atoms with Crippen molar-refractivity contribution in [3.63, 3.8) is 0 Å². The molecule has 2 heterocycles. The minimum Gasteiger partial charge on any atom is -0.476 e. The summed E-state index contributed by atoms with van der Waals surface area (Å²) in [5, 5.41) is 18.1. The van der Waals surface area contributed by atoms with E-state index in [1.807, 2.05) is 0 Å². The molecule has 1 saturated heterocycles. The molecule has 1 aliphatic heterocycles. The van der Waals surface area contributed by atoms with Crippen LogP contribution in [0.2, 0.25) is 0 Å². The summed E-state index contributed by atoms with van der Waals surface area (Å²) in [4.78, 5) is 16.1. The first-order chi connectivity index (χ1) is 7.16. The van der Waals surface area contributed by atoms with Crippen molar-refractivity contribution in [1.29, 1.82) is 0 Å². The van der Waals surface area contributed by atoms with Crippen molar-refractivity contribution in [2.45, 2.75) is 18.9 Å². The van der Waals surface area contributed by atoms with E-state index >= 15 is 0 Å². The number of piperidine rings is 1. The number of aromatic nitrogens is 1. The quantitative estimate of drug-likeness (QED) is 0.734. The molecule has 0 saturated carbocycles. The molecule has 0 bridgehead atoms. The molecule has 6 nitrogen and oxygen atoms in total. The van der Waals surface area contributed by atoms with Gasteiger partial charge in [0.2, 0.25) is 0 Å². The van der Waals surface area contributed by atoms with Crippen LogP contribution in [0, 0.1) is 0 Å². The third-order valence-electron chi connectivity index (χ3n) is 2.38. The summed E-state index contributed by atoms with van der Waals surface area (Å²) in [5.74, 6) is -1.11. The maximum Gasteiger partial charge on any atom is 0.357 e. The van der Waals surface area contributed by atoms with E-state index in [2.05, 4.69) is 4.98 Å². The summed E-state index contributed by atoms with van der Waals surface area (Å²) in [7, 11) is 0. The molecule has 1 aromatic rings. The Morgan fingerprint density at radius 1 is 1.67 bits per heavy atom. The summed E-state index contributed by atoms with van der Waals surface area (Å²) >= 11 is 0. The first kappa shape index (κ1) is 9.97. The molecule has 0 amide bonds. The molecule has 6 heteroatoms. The second kappa shape index (κ2) is 3.90. The van der Waals surface area contributed by atoms with Crippen molar-refractivity contribution in [2.75, 3.05) is 18.0 Å². The number of carboxylic acids is 1. The van der Waals surface area contributed by atoms with Gasteiger partial charge in [0.05, 0.1) is 6.10 Å². The van der Waals surface area contributed by atoms with Gasteiger partial charge in [0, 0.05) is 13.1 Å². The van der Waals surface area contributed by atoms with Gasteiger partial charge < -0.3 is 19.5 Å². The predicted octanol–water partition coefficient (Wildman–Crippen LogP) is 0.334. The highest BCUT2D eigenvalue weighted by molar-refractivity contribution is 5.85. The molecule has 15 heavy (non-hydrogen) atoms. The third kappa shape index (κ3) is 2.10. The maximum atomic E-state index is 10.6. The van der Waals surface area contributed by atoms with Crippen LogP contribution in [0.1, 0.15) is 23.3 Å². The van der Waals surface area contributed by atoms with Crippen LogP contribution in [0.5, 0.6) is 0 Å². The van der Waals surface area contributed by atoms with E-state index in [0.717, 1.165) is 25.6 Å². The zero-order valence-corrected chi connectivity index (χ0v) is 8.09. The van der Waals surface area contributed by atoms with Crippen molar-refractivity contribution < 1.29 is 19.4 Å². The lowest BCUT2D eigenvalue weighted by Crippen LogP contribution is -2.38. The van der Waals surface area contributed by atoms with Crippen LogP contribution in [0.4, 0.5) is 6.01 Å². The molecule has 2 rings (SSSR count). The second-order valence-electron chi connectivity index (χ2n) is 3.56. The lowest BCUT2D eigenvalue weighted by Gasteiger charge is -2.28. The normalized spacial score (nSPS) is 21.7. The van der Waals surface area contributed by atoms with Gasteiger partial charge in [-0.1, -0.05) is 0 Å². The molecule has 82 valence electrons. The number of aliphatic hydroxyl groups is 1. The van der Waals surface area contributed by atoms with Crippen molar-refractivity contribution in [3.8, 4) is 0 Å². The molecule has 0 aliphatic carbocycles. The van der Waals surface area contributed by atoms with Gasteiger partial charge in [-0.3, -0.25) is 0 Å². The van der Waals surface area contributed by atoms with Gasteiger partial charge >= 0.3 is 5.97 Å². The number of aromatic carboxylic acids is 1. The second-order valence-corrected chi connectivity index (χ2v) is 3.56. The highest BCUT2D eigenvalue weighted by atomic mass is 16.4. The minimum atomic E-state index is -1.11. The molecule has 1 atom stereocenters. The van der Waals surface area contributed by atoms with Gasteiger partial charge in [-0.25, -0.2) is 4.79 Å². The van der Waals surface area contributed by atoms with Gasteiger partial charge in [0.1, 0.15) is 6.26 Å². The summed E-state index contributed by atoms with van der Waals surface area (Å²) in [5.41, 5.74) is -0.106. The maximum absolute atomic E-state index is 10.6. The molecule has 1 unspecified atom stereocenters. The van der Waals surface area contributed by atoms with Crippen LogP contribution in [-0.4, -0.2) is 40.4 Å². The van der Waals surface area contributed by atoms with Crippen molar-refractivity contribution in [3.05, 3.63) is 12.0 Å². The monoisotopic (exact) mass is 212 g/mol. The van der Waals surface area contributed by atoms with Gasteiger partial charge in [0.15, 0.2) is 5.69 Å². The SMILES string of the molecule is O=C(O)c1coc(N2CCCC(O)C2)n1. The molecule has 1 aliphatic rings. The van der Waals surface area contributed by atoms with E-state index in [-0.39, 0.29) is 17.8 Å². The minimum absolute atomic E-state index is 0.106. The van der Waals surface area contributed by atoms with E-state index in [9.17, 15) is 9.90 Å². The Kier molecular flexibility index (Phi) is 2.59. The molecule has 0 spiro atoms. The number of rotatable bonds is 2. The largest absolute Gasteiger partial charge is 0.476 e. The van der Waals surface area contributed by atoms with Gasteiger partial charge in [-0.2, -0.15) is 4.98 Å². The third-order valence-corrected chi connectivity index (χ3v) is 2.38. The fraction of sp³-hybridized carbons (Fsp3) is 0.556. The standard InChI is InChI=1S/C9H12N2O4/c12-6-2-1-3-11(4-6)9-10-7(5-15-9)8(13)14/h5-6,12H,1-4H2,(H,13,14). The number of anilines is 1. The van der Waals surface area contributed by atoms with E-state index in [0.29, 0.717) is 6.54 Å². The van der Waals surface area contributed by atoms with Crippen LogP contribution in [-0.2, 0) is 0 Å². The molecular formula is C9H12N2O4. The number of carboxylic acid groups (broad SMARTS) is 1. The summed E-state index contributed by atoms with van der Waals surface area (Å²) < 4.78 is 5.04. The Morgan fingerprint density at radius 3 is 3.07 bits per heavy atom.